The summed E-state index contributed by atoms with van der Waals surface area (Å²) in [4.78, 5) is 25.3. The van der Waals surface area contributed by atoms with E-state index in [1.165, 1.54) is 7.11 Å². The van der Waals surface area contributed by atoms with Gasteiger partial charge in [0.1, 0.15) is 12.4 Å². The zero-order valence-corrected chi connectivity index (χ0v) is 13.3. The van der Waals surface area contributed by atoms with E-state index in [4.69, 9.17) is 10.5 Å². The monoisotopic (exact) mass is 317 g/mol. The Kier molecular flexibility index (Phi) is 5.29. The third-order valence-electron chi connectivity index (χ3n) is 2.95. The topological polar surface area (TPSA) is 103 Å². The van der Waals surface area contributed by atoms with Crippen LogP contribution in [0.1, 0.15) is 11.4 Å². The summed E-state index contributed by atoms with van der Waals surface area (Å²) in [6.07, 6.45) is 0.229. The summed E-state index contributed by atoms with van der Waals surface area (Å²) >= 11 is 0. The van der Waals surface area contributed by atoms with E-state index in [-0.39, 0.29) is 24.9 Å². The number of methoxy groups -OCH3 is 1. The van der Waals surface area contributed by atoms with Gasteiger partial charge in [-0.3, -0.25) is 4.79 Å². The Hall–Kier alpha value is -2.90. The fourth-order valence-corrected chi connectivity index (χ4v) is 1.78. The number of nitrogens with two attached hydrogens (primary N) is 1. The van der Waals surface area contributed by atoms with Crippen LogP contribution in [0.2, 0.25) is 0 Å². The molecular formula is C15H19N5O3. The van der Waals surface area contributed by atoms with Gasteiger partial charge in [-0.2, -0.15) is 15.0 Å². The van der Waals surface area contributed by atoms with E-state index in [1.807, 2.05) is 14.1 Å². The van der Waals surface area contributed by atoms with Gasteiger partial charge >= 0.3 is 5.97 Å². The van der Waals surface area contributed by atoms with Crippen LogP contribution in [-0.2, 0) is 22.6 Å². The van der Waals surface area contributed by atoms with Crippen LogP contribution >= 0.6 is 0 Å². The summed E-state index contributed by atoms with van der Waals surface area (Å²) < 4.78 is 10.2. The number of benzene rings is 1. The Bertz CT molecular complexity index is 673. The second-order valence-corrected chi connectivity index (χ2v) is 4.99. The van der Waals surface area contributed by atoms with E-state index in [1.54, 1.807) is 29.2 Å². The molecule has 0 amide bonds. The smallest absolute Gasteiger partial charge is 0.309 e. The minimum Gasteiger partial charge on any atom is -0.486 e. The summed E-state index contributed by atoms with van der Waals surface area (Å²) in [6.45, 7) is 0.171. The summed E-state index contributed by atoms with van der Waals surface area (Å²) in [5.74, 6) is 1.43. The first-order chi connectivity index (χ1) is 11.0. The molecular weight excluding hydrogens is 298 g/mol. The Labute approximate surface area is 134 Å². The van der Waals surface area contributed by atoms with Crippen LogP contribution in [0.15, 0.2) is 24.3 Å². The molecule has 1 heterocycles. The number of nitrogen functional groups attached to an aromatic ring is 1. The van der Waals surface area contributed by atoms with E-state index in [9.17, 15) is 4.79 Å². The molecule has 1 aromatic heterocycles. The summed E-state index contributed by atoms with van der Waals surface area (Å²) in [6, 6.07) is 7.16. The predicted octanol–water partition coefficient (Wildman–Crippen LogP) is 0.814. The van der Waals surface area contributed by atoms with Crippen molar-refractivity contribution in [3.8, 4) is 5.75 Å². The zero-order valence-electron chi connectivity index (χ0n) is 13.3. The Balaban J connectivity index is 1.99. The second-order valence-electron chi connectivity index (χ2n) is 4.99. The van der Waals surface area contributed by atoms with E-state index < -0.39 is 0 Å². The highest BCUT2D eigenvalue weighted by Crippen LogP contribution is 2.15. The van der Waals surface area contributed by atoms with Crippen LogP contribution in [0.25, 0.3) is 0 Å². The molecule has 0 aliphatic rings. The van der Waals surface area contributed by atoms with Crippen LogP contribution < -0.4 is 15.4 Å². The van der Waals surface area contributed by atoms with Gasteiger partial charge in [-0.05, 0) is 17.7 Å². The fraction of sp³-hybridized carbons (Fsp3) is 0.333. The number of aromatic nitrogens is 3. The molecule has 8 heteroatoms. The number of nitrogens with zero attached hydrogens (tertiary/aromatic N) is 4. The number of carbonyl (C=O) groups excluding carboxylic acids is 1. The quantitative estimate of drug-likeness (QED) is 0.781. The molecule has 23 heavy (non-hydrogen) atoms. The third-order valence-corrected chi connectivity index (χ3v) is 2.95. The van der Waals surface area contributed by atoms with Gasteiger partial charge < -0.3 is 20.1 Å². The van der Waals surface area contributed by atoms with Gasteiger partial charge in [0.15, 0.2) is 5.82 Å². The molecule has 0 saturated carbocycles. The first kappa shape index (κ1) is 16.5. The van der Waals surface area contributed by atoms with Gasteiger partial charge in [0, 0.05) is 14.1 Å². The van der Waals surface area contributed by atoms with Gasteiger partial charge in [-0.1, -0.05) is 12.1 Å². The van der Waals surface area contributed by atoms with Crippen molar-refractivity contribution in [2.24, 2.45) is 0 Å². The molecule has 0 fully saturated rings. The average Bonchev–Trinajstić information content (AvgIpc) is 2.53. The van der Waals surface area contributed by atoms with E-state index in [0.29, 0.717) is 17.5 Å². The number of rotatable bonds is 6. The lowest BCUT2D eigenvalue weighted by Crippen LogP contribution is -2.16. The van der Waals surface area contributed by atoms with Gasteiger partial charge in [0.25, 0.3) is 0 Å². The molecule has 0 aliphatic carbocycles. The van der Waals surface area contributed by atoms with Crippen molar-refractivity contribution in [1.29, 1.82) is 0 Å². The molecule has 0 atom stereocenters. The molecule has 0 spiro atoms. The van der Waals surface area contributed by atoms with Gasteiger partial charge in [-0.15, -0.1) is 0 Å². The summed E-state index contributed by atoms with van der Waals surface area (Å²) in [5, 5.41) is 0. The van der Waals surface area contributed by atoms with Crippen LogP contribution in [0.3, 0.4) is 0 Å². The molecule has 122 valence electrons. The van der Waals surface area contributed by atoms with Crippen molar-refractivity contribution in [2.45, 2.75) is 13.0 Å². The lowest BCUT2D eigenvalue weighted by atomic mass is 10.1. The molecule has 0 saturated heterocycles. The minimum absolute atomic E-state index is 0.149. The van der Waals surface area contributed by atoms with Crippen molar-refractivity contribution in [1.82, 2.24) is 15.0 Å². The lowest BCUT2D eigenvalue weighted by Gasteiger charge is -2.12. The number of esters is 1. The summed E-state index contributed by atoms with van der Waals surface area (Å²) in [5.41, 5.74) is 6.51. The van der Waals surface area contributed by atoms with E-state index in [0.717, 1.165) is 5.56 Å². The molecule has 0 radical (unpaired) electrons. The van der Waals surface area contributed by atoms with Gasteiger partial charge in [-0.25, -0.2) is 0 Å². The molecule has 2 N–H and O–H groups in total. The van der Waals surface area contributed by atoms with Crippen molar-refractivity contribution in [3.63, 3.8) is 0 Å². The highest BCUT2D eigenvalue weighted by molar-refractivity contribution is 5.72. The predicted molar refractivity (Wildman–Crippen MR) is 85.1 cm³/mol. The molecule has 2 aromatic rings. The standard InChI is InChI=1S/C15H19N5O3/c1-20(2)15-18-12(17-14(16)19-15)9-23-11-6-4-10(5-7-11)8-13(21)22-3/h4-7H,8-9H2,1-3H3,(H2,16,17,18,19). The summed E-state index contributed by atoms with van der Waals surface area (Å²) in [7, 11) is 5.00. The van der Waals surface area contributed by atoms with Crippen LogP contribution in [-0.4, -0.2) is 42.1 Å². The fourth-order valence-electron chi connectivity index (χ4n) is 1.78. The molecule has 8 nitrogen and oxygen atoms in total. The van der Waals surface area contributed by atoms with Crippen LogP contribution in [0.5, 0.6) is 5.75 Å². The maximum atomic E-state index is 11.2. The largest absolute Gasteiger partial charge is 0.486 e. The van der Waals surface area contributed by atoms with Crippen LogP contribution in [0.4, 0.5) is 11.9 Å². The second kappa shape index (κ2) is 7.39. The SMILES string of the molecule is COC(=O)Cc1ccc(OCc2nc(N)nc(N(C)C)n2)cc1. The molecule has 0 aliphatic heterocycles. The molecule has 0 unspecified atom stereocenters. The van der Waals surface area contributed by atoms with E-state index in [2.05, 4.69) is 19.7 Å². The average molecular weight is 317 g/mol. The van der Waals surface area contributed by atoms with Crippen molar-refractivity contribution in [3.05, 3.63) is 35.7 Å². The zero-order chi connectivity index (χ0) is 16.8. The number of anilines is 2. The van der Waals surface area contributed by atoms with Crippen LogP contribution in [0, 0.1) is 0 Å². The number of carbonyl (C=O) groups is 1. The van der Waals surface area contributed by atoms with Gasteiger partial charge in [0.05, 0.1) is 13.5 Å². The van der Waals surface area contributed by atoms with E-state index >= 15 is 0 Å². The maximum Gasteiger partial charge on any atom is 0.309 e. The Morgan fingerprint density at radius 3 is 2.48 bits per heavy atom. The molecule has 1 aromatic carbocycles. The third kappa shape index (κ3) is 4.80. The Morgan fingerprint density at radius 1 is 1.17 bits per heavy atom. The maximum absolute atomic E-state index is 11.2. The van der Waals surface area contributed by atoms with Crippen molar-refractivity contribution in [2.75, 3.05) is 31.8 Å². The highest BCUT2D eigenvalue weighted by atomic mass is 16.5. The number of hydrogen-bond donors (Lipinski definition) is 1. The number of hydrogen-bond acceptors (Lipinski definition) is 8. The Morgan fingerprint density at radius 2 is 1.87 bits per heavy atom. The first-order valence-corrected chi connectivity index (χ1v) is 6.94. The van der Waals surface area contributed by atoms with Crippen molar-refractivity contribution < 1.29 is 14.3 Å². The molecule has 2 rings (SSSR count). The number of ether oxygens (including phenoxy) is 2. The molecule has 0 bridgehead atoms. The minimum atomic E-state index is -0.282. The first-order valence-electron chi connectivity index (χ1n) is 6.94. The van der Waals surface area contributed by atoms with Gasteiger partial charge in [0.2, 0.25) is 11.9 Å². The highest BCUT2D eigenvalue weighted by Gasteiger charge is 2.07. The normalized spacial score (nSPS) is 10.2. The lowest BCUT2D eigenvalue weighted by molar-refractivity contribution is -0.139. The van der Waals surface area contributed by atoms with Crippen molar-refractivity contribution >= 4 is 17.9 Å².